The zero-order chi connectivity index (χ0) is 13.2. The van der Waals surface area contributed by atoms with E-state index in [2.05, 4.69) is 40.6 Å². The molecule has 0 aliphatic carbocycles. The van der Waals surface area contributed by atoms with Crippen LogP contribution in [0.15, 0.2) is 30.6 Å². The molecule has 2 aromatic rings. The highest BCUT2D eigenvalue weighted by atomic mass is 15.3. The van der Waals surface area contributed by atoms with Gasteiger partial charge in [-0.25, -0.2) is 0 Å². The standard InChI is InChI=1S/C15H20N4/c1-18-7-3-4-13-8-12(5-6-15(13)18)9-16-14-10-17-19(2)11-14/h5-6,8,10-11,16H,3-4,7,9H2,1-2H3. The second-order valence-corrected chi connectivity index (χ2v) is 5.24. The number of anilines is 2. The zero-order valence-electron chi connectivity index (χ0n) is 11.6. The average molecular weight is 256 g/mol. The van der Waals surface area contributed by atoms with Gasteiger partial charge in [-0.2, -0.15) is 5.10 Å². The van der Waals surface area contributed by atoms with Crippen LogP contribution < -0.4 is 10.2 Å². The van der Waals surface area contributed by atoms with Crippen LogP contribution in [0.3, 0.4) is 0 Å². The van der Waals surface area contributed by atoms with E-state index < -0.39 is 0 Å². The fourth-order valence-corrected chi connectivity index (χ4v) is 2.67. The molecular weight excluding hydrogens is 236 g/mol. The van der Waals surface area contributed by atoms with E-state index in [1.807, 2.05) is 24.1 Å². The summed E-state index contributed by atoms with van der Waals surface area (Å²) < 4.78 is 1.81. The summed E-state index contributed by atoms with van der Waals surface area (Å²) in [7, 11) is 4.10. The third kappa shape index (κ3) is 2.57. The number of rotatable bonds is 3. The molecule has 1 N–H and O–H groups in total. The maximum Gasteiger partial charge on any atom is 0.0729 e. The van der Waals surface area contributed by atoms with Crippen LogP contribution in [0.4, 0.5) is 11.4 Å². The third-order valence-electron chi connectivity index (χ3n) is 3.70. The molecule has 19 heavy (non-hydrogen) atoms. The maximum absolute atomic E-state index is 4.16. The highest BCUT2D eigenvalue weighted by Gasteiger charge is 2.13. The van der Waals surface area contributed by atoms with Crippen molar-refractivity contribution in [1.82, 2.24) is 9.78 Å². The topological polar surface area (TPSA) is 33.1 Å². The predicted molar refractivity (Wildman–Crippen MR) is 78.6 cm³/mol. The molecule has 0 spiro atoms. The molecule has 4 heteroatoms. The summed E-state index contributed by atoms with van der Waals surface area (Å²) in [6.07, 6.45) is 6.29. The number of nitrogens with one attached hydrogen (secondary N) is 1. The molecule has 0 saturated carbocycles. The van der Waals surface area contributed by atoms with Crippen molar-refractivity contribution in [1.29, 1.82) is 0 Å². The van der Waals surface area contributed by atoms with Crippen LogP contribution >= 0.6 is 0 Å². The van der Waals surface area contributed by atoms with E-state index >= 15 is 0 Å². The first-order valence-corrected chi connectivity index (χ1v) is 6.78. The first-order valence-electron chi connectivity index (χ1n) is 6.78. The van der Waals surface area contributed by atoms with Gasteiger partial charge in [0.1, 0.15) is 0 Å². The van der Waals surface area contributed by atoms with Gasteiger partial charge < -0.3 is 10.2 Å². The van der Waals surface area contributed by atoms with Gasteiger partial charge in [0.05, 0.1) is 11.9 Å². The normalized spacial score (nSPS) is 14.3. The number of fused-ring (bicyclic) bond motifs is 1. The van der Waals surface area contributed by atoms with Crippen molar-refractivity contribution < 1.29 is 0 Å². The molecule has 4 nitrogen and oxygen atoms in total. The van der Waals surface area contributed by atoms with Gasteiger partial charge >= 0.3 is 0 Å². The van der Waals surface area contributed by atoms with Gasteiger partial charge in [-0.15, -0.1) is 0 Å². The summed E-state index contributed by atoms with van der Waals surface area (Å²) in [5.74, 6) is 0. The molecule has 2 heterocycles. The van der Waals surface area contributed by atoms with Crippen LogP contribution in [0.25, 0.3) is 0 Å². The summed E-state index contributed by atoms with van der Waals surface area (Å²) in [6.45, 7) is 2.02. The Bertz CT molecular complexity index is 573. The fraction of sp³-hybridized carbons (Fsp3) is 0.400. The number of hydrogen-bond acceptors (Lipinski definition) is 3. The molecule has 1 aliphatic heterocycles. The van der Waals surface area contributed by atoms with E-state index in [9.17, 15) is 0 Å². The molecule has 3 rings (SSSR count). The Morgan fingerprint density at radius 3 is 3.00 bits per heavy atom. The van der Waals surface area contributed by atoms with Gasteiger partial charge in [-0.1, -0.05) is 12.1 Å². The van der Waals surface area contributed by atoms with E-state index in [0.717, 1.165) is 12.2 Å². The van der Waals surface area contributed by atoms with Crippen LogP contribution in [-0.2, 0) is 20.0 Å². The van der Waals surface area contributed by atoms with Crippen LogP contribution in [-0.4, -0.2) is 23.4 Å². The molecule has 1 aromatic heterocycles. The van der Waals surface area contributed by atoms with Gasteiger partial charge in [0, 0.05) is 39.1 Å². The van der Waals surface area contributed by atoms with E-state index in [1.54, 1.807) is 0 Å². The highest BCUT2D eigenvalue weighted by molar-refractivity contribution is 5.56. The maximum atomic E-state index is 4.16. The summed E-state index contributed by atoms with van der Waals surface area (Å²) in [5.41, 5.74) is 5.26. The van der Waals surface area contributed by atoms with Gasteiger partial charge in [-0.05, 0) is 30.0 Å². The minimum Gasteiger partial charge on any atom is -0.378 e. The van der Waals surface area contributed by atoms with Crippen molar-refractivity contribution >= 4 is 11.4 Å². The molecule has 100 valence electrons. The van der Waals surface area contributed by atoms with Crippen molar-refractivity contribution in [2.24, 2.45) is 7.05 Å². The van der Waals surface area contributed by atoms with Crippen molar-refractivity contribution in [2.45, 2.75) is 19.4 Å². The van der Waals surface area contributed by atoms with Crippen molar-refractivity contribution in [3.8, 4) is 0 Å². The van der Waals surface area contributed by atoms with Gasteiger partial charge in [0.25, 0.3) is 0 Å². The predicted octanol–water partition coefficient (Wildman–Crippen LogP) is 2.41. The molecule has 0 bridgehead atoms. The molecule has 0 radical (unpaired) electrons. The van der Waals surface area contributed by atoms with Crippen LogP contribution in [0.1, 0.15) is 17.5 Å². The lowest BCUT2D eigenvalue weighted by Gasteiger charge is -2.27. The fourth-order valence-electron chi connectivity index (χ4n) is 2.67. The van der Waals surface area contributed by atoms with Crippen molar-refractivity contribution in [2.75, 3.05) is 23.8 Å². The Morgan fingerprint density at radius 2 is 2.21 bits per heavy atom. The smallest absolute Gasteiger partial charge is 0.0729 e. The van der Waals surface area contributed by atoms with Crippen LogP contribution in [0.2, 0.25) is 0 Å². The van der Waals surface area contributed by atoms with Crippen molar-refractivity contribution in [3.63, 3.8) is 0 Å². The molecule has 1 aliphatic rings. The van der Waals surface area contributed by atoms with Gasteiger partial charge in [-0.3, -0.25) is 4.68 Å². The van der Waals surface area contributed by atoms with Crippen molar-refractivity contribution in [3.05, 3.63) is 41.7 Å². The molecule has 0 fully saturated rings. The highest BCUT2D eigenvalue weighted by Crippen LogP contribution is 2.27. The summed E-state index contributed by atoms with van der Waals surface area (Å²) in [4.78, 5) is 2.34. The number of aryl methyl sites for hydroxylation is 2. The number of benzene rings is 1. The Hall–Kier alpha value is -1.97. The molecule has 0 amide bonds. The first-order chi connectivity index (χ1) is 9.22. The van der Waals surface area contributed by atoms with Crippen LogP contribution in [0.5, 0.6) is 0 Å². The third-order valence-corrected chi connectivity index (χ3v) is 3.70. The largest absolute Gasteiger partial charge is 0.378 e. The Balaban J connectivity index is 1.72. The first kappa shape index (κ1) is 12.1. The van der Waals surface area contributed by atoms with E-state index in [0.29, 0.717) is 0 Å². The Kier molecular flexibility index (Phi) is 3.15. The second kappa shape index (κ2) is 4.96. The lowest BCUT2D eigenvalue weighted by atomic mass is 9.99. The number of nitrogens with zero attached hydrogens (tertiary/aromatic N) is 3. The summed E-state index contributed by atoms with van der Waals surface area (Å²) in [6, 6.07) is 6.78. The van der Waals surface area contributed by atoms with Gasteiger partial charge in [0.15, 0.2) is 0 Å². The molecule has 0 unspecified atom stereocenters. The average Bonchev–Trinajstić information content (AvgIpc) is 2.82. The zero-order valence-corrected chi connectivity index (χ0v) is 11.6. The second-order valence-electron chi connectivity index (χ2n) is 5.24. The van der Waals surface area contributed by atoms with E-state index in [1.165, 1.54) is 36.2 Å². The number of aromatic nitrogens is 2. The minimum absolute atomic E-state index is 0.850. The minimum atomic E-state index is 0.850. The molecule has 1 aromatic carbocycles. The van der Waals surface area contributed by atoms with Crippen LogP contribution in [0, 0.1) is 0 Å². The Labute approximate surface area is 114 Å². The molecular formula is C15H20N4. The lowest BCUT2D eigenvalue weighted by Crippen LogP contribution is -2.24. The number of hydrogen-bond donors (Lipinski definition) is 1. The van der Waals surface area contributed by atoms with Gasteiger partial charge in [0.2, 0.25) is 0 Å². The molecule has 0 atom stereocenters. The summed E-state index contributed by atoms with van der Waals surface area (Å²) >= 11 is 0. The van der Waals surface area contributed by atoms with E-state index in [-0.39, 0.29) is 0 Å². The quantitative estimate of drug-likeness (QED) is 0.915. The monoisotopic (exact) mass is 256 g/mol. The summed E-state index contributed by atoms with van der Waals surface area (Å²) in [5, 5.41) is 7.56. The molecule has 0 saturated heterocycles. The Morgan fingerprint density at radius 1 is 1.32 bits per heavy atom. The lowest BCUT2D eigenvalue weighted by molar-refractivity contribution is 0.743. The SMILES string of the molecule is CN1CCCc2cc(CNc3cnn(C)c3)ccc21. The van der Waals surface area contributed by atoms with E-state index in [4.69, 9.17) is 0 Å².